The van der Waals surface area contributed by atoms with Crippen molar-refractivity contribution in [3.05, 3.63) is 0 Å². The molecule has 0 aromatic carbocycles. The molecule has 1 amide bonds. The summed E-state index contributed by atoms with van der Waals surface area (Å²) in [6.07, 6.45) is 6.08. The van der Waals surface area contributed by atoms with Gasteiger partial charge in [-0.2, -0.15) is 0 Å². The van der Waals surface area contributed by atoms with Crippen molar-refractivity contribution in [1.82, 2.24) is 15.1 Å². The van der Waals surface area contributed by atoms with Crippen molar-refractivity contribution in [1.29, 1.82) is 0 Å². The Morgan fingerprint density at radius 1 is 1.24 bits per heavy atom. The zero-order chi connectivity index (χ0) is 15.1. The minimum Gasteiger partial charge on any atom is -0.378 e. The number of amides is 1. The monoisotopic (exact) mass is 297 g/mol. The van der Waals surface area contributed by atoms with Crippen LogP contribution in [0.1, 0.15) is 39.0 Å². The molecule has 1 aliphatic carbocycles. The highest BCUT2D eigenvalue weighted by Crippen LogP contribution is 2.22. The first-order chi connectivity index (χ1) is 10.2. The summed E-state index contributed by atoms with van der Waals surface area (Å²) >= 11 is 0. The maximum atomic E-state index is 12.3. The number of morpholine rings is 1. The van der Waals surface area contributed by atoms with Gasteiger partial charge < -0.3 is 15.0 Å². The first-order valence-corrected chi connectivity index (χ1v) is 8.50. The van der Waals surface area contributed by atoms with Crippen molar-refractivity contribution in [2.75, 3.05) is 46.4 Å². The van der Waals surface area contributed by atoms with E-state index in [0.717, 1.165) is 19.6 Å². The van der Waals surface area contributed by atoms with Crippen LogP contribution in [-0.2, 0) is 9.53 Å². The highest BCUT2D eigenvalue weighted by Gasteiger charge is 2.26. The number of nitrogens with zero attached hydrogens (tertiary/aromatic N) is 2. The molecule has 5 nitrogen and oxygen atoms in total. The Labute approximate surface area is 129 Å². The maximum absolute atomic E-state index is 12.3. The van der Waals surface area contributed by atoms with Gasteiger partial charge in [-0.15, -0.1) is 0 Å². The van der Waals surface area contributed by atoms with Gasteiger partial charge in [0.2, 0.25) is 5.91 Å². The van der Waals surface area contributed by atoms with Gasteiger partial charge in [0.1, 0.15) is 0 Å². The Balaban J connectivity index is 1.69. The molecule has 1 saturated carbocycles. The number of rotatable bonds is 6. The summed E-state index contributed by atoms with van der Waals surface area (Å²) in [7, 11) is 2.10. The van der Waals surface area contributed by atoms with E-state index in [4.69, 9.17) is 4.74 Å². The lowest BCUT2D eigenvalue weighted by molar-refractivity contribution is -0.136. The van der Waals surface area contributed by atoms with E-state index in [9.17, 15) is 4.79 Å². The molecular formula is C16H31N3O2. The number of hydrogen-bond donors (Lipinski definition) is 1. The number of hydrogen-bond acceptors (Lipinski definition) is 4. The summed E-state index contributed by atoms with van der Waals surface area (Å²) in [5, 5.41) is 3.62. The van der Waals surface area contributed by atoms with Crippen LogP contribution in [-0.4, -0.2) is 74.2 Å². The predicted octanol–water partition coefficient (Wildman–Crippen LogP) is 1.09. The summed E-state index contributed by atoms with van der Waals surface area (Å²) in [4.78, 5) is 16.5. The molecule has 0 unspecified atom stereocenters. The second-order valence-corrected chi connectivity index (χ2v) is 6.37. The van der Waals surface area contributed by atoms with Crippen LogP contribution in [0.2, 0.25) is 0 Å². The third-order valence-electron chi connectivity index (χ3n) is 4.75. The molecule has 1 aliphatic heterocycles. The SMILES string of the molecule is CCCNC1CCC(N(C)CC(=O)N2CCOCC2)CC1. The lowest BCUT2D eigenvalue weighted by atomic mass is 9.90. The highest BCUT2D eigenvalue weighted by atomic mass is 16.5. The Morgan fingerprint density at radius 3 is 2.52 bits per heavy atom. The average molecular weight is 297 g/mol. The predicted molar refractivity (Wildman–Crippen MR) is 84.4 cm³/mol. The number of carbonyl (C=O) groups is 1. The maximum Gasteiger partial charge on any atom is 0.236 e. The van der Waals surface area contributed by atoms with Crippen molar-refractivity contribution in [2.45, 2.75) is 51.1 Å². The van der Waals surface area contributed by atoms with Crippen molar-refractivity contribution >= 4 is 5.91 Å². The van der Waals surface area contributed by atoms with Gasteiger partial charge in [0.15, 0.2) is 0 Å². The zero-order valence-electron chi connectivity index (χ0n) is 13.6. The van der Waals surface area contributed by atoms with Gasteiger partial charge >= 0.3 is 0 Å². The van der Waals surface area contributed by atoms with E-state index in [-0.39, 0.29) is 5.91 Å². The van der Waals surface area contributed by atoms with Gasteiger partial charge in [-0.3, -0.25) is 9.69 Å². The molecule has 0 atom stereocenters. The number of likely N-dealkylation sites (N-methyl/N-ethyl adjacent to an activating group) is 1. The van der Waals surface area contributed by atoms with E-state index in [1.807, 2.05) is 4.90 Å². The smallest absolute Gasteiger partial charge is 0.236 e. The van der Waals surface area contributed by atoms with Crippen LogP contribution in [0.15, 0.2) is 0 Å². The van der Waals surface area contributed by atoms with Crippen LogP contribution >= 0.6 is 0 Å². The van der Waals surface area contributed by atoms with E-state index < -0.39 is 0 Å². The van der Waals surface area contributed by atoms with Crippen LogP contribution < -0.4 is 5.32 Å². The fourth-order valence-electron chi connectivity index (χ4n) is 3.32. The van der Waals surface area contributed by atoms with Gasteiger partial charge in [-0.05, 0) is 45.7 Å². The van der Waals surface area contributed by atoms with E-state index in [2.05, 4.69) is 24.2 Å². The number of ether oxygens (including phenoxy) is 1. The van der Waals surface area contributed by atoms with Gasteiger partial charge in [0, 0.05) is 25.2 Å². The van der Waals surface area contributed by atoms with E-state index in [0.29, 0.717) is 31.8 Å². The van der Waals surface area contributed by atoms with E-state index >= 15 is 0 Å². The second-order valence-electron chi connectivity index (χ2n) is 6.37. The normalized spacial score (nSPS) is 27.1. The first-order valence-electron chi connectivity index (χ1n) is 8.50. The highest BCUT2D eigenvalue weighted by molar-refractivity contribution is 5.78. The molecule has 0 spiro atoms. The summed E-state index contributed by atoms with van der Waals surface area (Å²) in [5.41, 5.74) is 0. The summed E-state index contributed by atoms with van der Waals surface area (Å²) < 4.78 is 5.30. The van der Waals surface area contributed by atoms with Crippen LogP contribution in [0, 0.1) is 0 Å². The number of nitrogens with one attached hydrogen (secondary N) is 1. The van der Waals surface area contributed by atoms with Crippen molar-refractivity contribution in [2.24, 2.45) is 0 Å². The molecule has 2 rings (SSSR count). The number of carbonyl (C=O) groups excluding carboxylic acids is 1. The van der Waals surface area contributed by atoms with Crippen LogP contribution in [0.3, 0.4) is 0 Å². The lowest BCUT2D eigenvalue weighted by Crippen LogP contribution is -2.48. The van der Waals surface area contributed by atoms with Crippen LogP contribution in [0.5, 0.6) is 0 Å². The fourth-order valence-corrected chi connectivity index (χ4v) is 3.32. The summed E-state index contributed by atoms with van der Waals surface area (Å²) in [6, 6.07) is 1.25. The lowest BCUT2D eigenvalue weighted by Gasteiger charge is -2.36. The van der Waals surface area contributed by atoms with Gasteiger partial charge in [0.25, 0.3) is 0 Å². The van der Waals surface area contributed by atoms with E-state index in [1.54, 1.807) is 0 Å². The fraction of sp³-hybridized carbons (Fsp3) is 0.938. The molecule has 21 heavy (non-hydrogen) atoms. The standard InChI is InChI=1S/C16H31N3O2/c1-3-8-17-14-4-6-15(7-5-14)18(2)13-16(20)19-9-11-21-12-10-19/h14-15,17H,3-13H2,1-2H3. The molecule has 2 aliphatic rings. The topological polar surface area (TPSA) is 44.8 Å². The Kier molecular flexibility index (Phi) is 6.93. The first kappa shape index (κ1) is 16.7. The molecule has 2 fully saturated rings. The molecule has 1 heterocycles. The van der Waals surface area contributed by atoms with Crippen molar-refractivity contribution in [3.63, 3.8) is 0 Å². The quantitative estimate of drug-likeness (QED) is 0.797. The van der Waals surface area contributed by atoms with Crippen LogP contribution in [0.25, 0.3) is 0 Å². The average Bonchev–Trinajstić information content (AvgIpc) is 2.54. The Hall–Kier alpha value is -0.650. The van der Waals surface area contributed by atoms with Crippen molar-refractivity contribution < 1.29 is 9.53 Å². The van der Waals surface area contributed by atoms with E-state index in [1.165, 1.54) is 32.1 Å². The molecule has 122 valence electrons. The van der Waals surface area contributed by atoms with Gasteiger partial charge in [-0.25, -0.2) is 0 Å². The molecule has 1 N–H and O–H groups in total. The Morgan fingerprint density at radius 2 is 1.90 bits per heavy atom. The third-order valence-corrected chi connectivity index (χ3v) is 4.75. The van der Waals surface area contributed by atoms with Crippen molar-refractivity contribution in [3.8, 4) is 0 Å². The molecule has 0 radical (unpaired) electrons. The van der Waals surface area contributed by atoms with Crippen LogP contribution in [0.4, 0.5) is 0 Å². The van der Waals surface area contributed by atoms with Gasteiger partial charge in [0.05, 0.1) is 19.8 Å². The molecule has 0 aromatic rings. The molecule has 0 bridgehead atoms. The molecular weight excluding hydrogens is 266 g/mol. The largest absolute Gasteiger partial charge is 0.378 e. The molecule has 5 heteroatoms. The Bertz CT molecular complexity index is 311. The van der Waals surface area contributed by atoms with Gasteiger partial charge in [-0.1, -0.05) is 6.92 Å². The molecule has 1 saturated heterocycles. The molecule has 0 aromatic heterocycles. The third kappa shape index (κ3) is 5.24. The summed E-state index contributed by atoms with van der Waals surface area (Å²) in [6.45, 7) is 6.76. The summed E-state index contributed by atoms with van der Waals surface area (Å²) in [5.74, 6) is 0.257. The second kappa shape index (κ2) is 8.71. The minimum absolute atomic E-state index is 0.257. The zero-order valence-corrected chi connectivity index (χ0v) is 13.6. The minimum atomic E-state index is 0.257.